The summed E-state index contributed by atoms with van der Waals surface area (Å²) in [5, 5.41) is 23.1. The second kappa shape index (κ2) is 10.6. The van der Waals surface area contributed by atoms with Crippen molar-refractivity contribution < 1.29 is 29.3 Å². The number of aliphatic hydroxyl groups is 2. The largest absolute Gasteiger partial charge is 0.497 e. The SMILES string of the molecule is COc1ccc(OCC2CC2)c(-c2ncnc3c(C(=O)N[C@H]4CCN(C(=O)[C@H](C)O)C[C@H]4O)c(C)[nH]c23)c1. The molecular formula is C27H33N5O6. The Bertz CT molecular complexity index is 1350. The summed E-state index contributed by atoms with van der Waals surface area (Å²) in [6.07, 6.45) is 2.01. The minimum atomic E-state index is -1.14. The first-order chi connectivity index (χ1) is 18.3. The monoisotopic (exact) mass is 523 g/mol. The molecule has 2 fully saturated rings. The summed E-state index contributed by atoms with van der Waals surface area (Å²) in [5.74, 6) is 1.08. The number of H-pyrrole nitrogens is 1. The first kappa shape index (κ1) is 25.9. The van der Waals surface area contributed by atoms with Crippen LogP contribution < -0.4 is 14.8 Å². The molecule has 5 rings (SSSR count). The van der Waals surface area contributed by atoms with Crippen molar-refractivity contribution in [2.45, 2.75) is 51.4 Å². The Balaban J connectivity index is 1.42. The van der Waals surface area contributed by atoms with Crippen molar-refractivity contribution in [3.8, 4) is 22.8 Å². The second-order valence-electron chi connectivity index (χ2n) is 10.1. The summed E-state index contributed by atoms with van der Waals surface area (Å²) >= 11 is 0. The molecule has 1 aliphatic heterocycles. The maximum absolute atomic E-state index is 13.4. The molecule has 11 nitrogen and oxygen atoms in total. The quantitative estimate of drug-likeness (QED) is 0.349. The molecule has 3 atom stereocenters. The zero-order valence-electron chi connectivity index (χ0n) is 21.7. The highest BCUT2D eigenvalue weighted by Crippen LogP contribution is 2.38. The number of carbonyl (C=O) groups excluding carboxylic acids is 2. The van der Waals surface area contributed by atoms with E-state index >= 15 is 0 Å². The zero-order valence-corrected chi connectivity index (χ0v) is 21.7. The van der Waals surface area contributed by atoms with Gasteiger partial charge in [-0.1, -0.05) is 0 Å². The molecule has 0 radical (unpaired) electrons. The van der Waals surface area contributed by atoms with Crippen LogP contribution in [-0.4, -0.2) is 86.9 Å². The Morgan fingerprint density at radius 2 is 2.05 bits per heavy atom. The normalized spacial score (nSPS) is 20.3. The Morgan fingerprint density at radius 3 is 2.74 bits per heavy atom. The average Bonchev–Trinajstić information content (AvgIpc) is 3.67. The highest BCUT2D eigenvalue weighted by Gasteiger charge is 2.33. The third-order valence-electron chi connectivity index (χ3n) is 7.18. The van der Waals surface area contributed by atoms with Crippen molar-refractivity contribution in [1.82, 2.24) is 25.2 Å². The first-order valence-corrected chi connectivity index (χ1v) is 12.9. The zero-order chi connectivity index (χ0) is 27.0. The van der Waals surface area contributed by atoms with Crippen LogP contribution in [0.25, 0.3) is 22.3 Å². The molecule has 1 aliphatic carbocycles. The number of hydrogen-bond acceptors (Lipinski definition) is 8. The maximum Gasteiger partial charge on any atom is 0.255 e. The molecule has 38 heavy (non-hydrogen) atoms. The third-order valence-corrected chi connectivity index (χ3v) is 7.18. The lowest BCUT2D eigenvalue weighted by atomic mass is 10.0. The number of methoxy groups -OCH3 is 1. The van der Waals surface area contributed by atoms with Crippen LogP contribution in [0, 0.1) is 12.8 Å². The van der Waals surface area contributed by atoms with Gasteiger partial charge in [0.1, 0.15) is 35.1 Å². The van der Waals surface area contributed by atoms with E-state index < -0.39 is 24.2 Å². The van der Waals surface area contributed by atoms with E-state index in [9.17, 15) is 19.8 Å². The molecule has 2 aromatic heterocycles. The Labute approximate surface area is 220 Å². The third kappa shape index (κ3) is 5.16. The fourth-order valence-electron chi connectivity index (χ4n) is 4.85. The van der Waals surface area contributed by atoms with E-state index in [0.29, 0.717) is 65.0 Å². The van der Waals surface area contributed by atoms with Gasteiger partial charge in [-0.3, -0.25) is 9.59 Å². The van der Waals surface area contributed by atoms with Crippen molar-refractivity contribution in [3.05, 3.63) is 35.8 Å². The van der Waals surface area contributed by atoms with Gasteiger partial charge in [0.15, 0.2) is 0 Å². The van der Waals surface area contributed by atoms with Crippen molar-refractivity contribution in [2.75, 3.05) is 26.8 Å². The fraction of sp³-hybridized carbons (Fsp3) is 0.481. The number of aromatic nitrogens is 3. The van der Waals surface area contributed by atoms with Crippen LogP contribution in [0.4, 0.5) is 0 Å². The first-order valence-electron chi connectivity index (χ1n) is 12.9. The molecule has 3 aromatic rings. The van der Waals surface area contributed by atoms with Gasteiger partial charge in [0, 0.05) is 24.3 Å². The van der Waals surface area contributed by atoms with E-state index in [0.717, 1.165) is 5.56 Å². The molecule has 2 aliphatic rings. The van der Waals surface area contributed by atoms with Crippen LogP contribution in [0.15, 0.2) is 24.5 Å². The van der Waals surface area contributed by atoms with Crippen LogP contribution in [0.3, 0.4) is 0 Å². The number of nitrogens with one attached hydrogen (secondary N) is 2. The molecule has 0 bridgehead atoms. The van der Waals surface area contributed by atoms with E-state index in [1.165, 1.54) is 31.0 Å². The van der Waals surface area contributed by atoms with Gasteiger partial charge in [-0.25, -0.2) is 9.97 Å². The molecule has 0 unspecified atom stereocenters. The smallest absolute Gasteiger partial charge is 0.255 e. The summed E-state index contributed by atoms with van der Waals surface area (Å²) in [6.45, 7) is 4.18. The van der Waals surface area contributed by atoms with Gasteiger partial charge in [-0.2, -0.15) is 0 Å². The van der Waals surface area contributed by atoms with Gasteiger partial charge in [-0.05, 0) is 57.2 Å². The summed E-state index contributed by atoms with van der Waals surface area (Å²) in [4.78, 5) is 39.1. The minimum absolute atomic E-state index is 0.0351. The van der Waals surface area contributed by atoms with Crippen molar-refractivity contribution in [3.63, 3.8) is 0 Å². The van der Waals surface area contributed by atoms with E-state index in [1.807, 2.05) is 18.2 Å². The number of nitrogens with zero attached hydrogens (tertiary/aromatic N) is 3. The standard InChI is InChI=1S/C27H33N5O6/c1-14-22(26(35)31-19-8-9-32(11-20(19)34)27(36)15(2)33)24-25(30-14)23(28-13-29-24)18-10-17(37-3)6-7-21(18)38-12-16-4-5-16/h6-7,10,13,15-16,19-20,30,33-34H,4-5,8-9,11-12H2,1-3H3,(H,31,35)/t15-,19-,20+/m0/s1. The molecule has 4 N–H and O–H groups in total. The number of ether oxygens (including phenoxy) is 2. The van der Waals surface area contributed by atoms with E-state index in [1.54, 1.807) is 14.0 Å². The molecule has 202 valence electrons. The number of aromatic amines is 1. The summed E-state index contributed by atoms with van der Waals surface area (Å²) in [7, 11) is 1.60. The Kier molecular flexibility index (Phi) is 7.22. The van der Waals surface area contributed by atoms with Gasteiger partial charge < -0.3 is 34.9 Å². The van der Waals surface area contributed by atoms with Gasteiger partial charge in [0.05, 0.1) is 36.9 Å². The Morgan fingerprint density at radius 1 is 1.26 bits per heavy atom. The van der Waals surface area contributed by atoms with Crippen LogP contribution in [-0.2, 0) is 4.79 Å². The predicted molar refractivity (Wildman–Crippen MR) is 139 cm³/mol. The van der Waals surface area contributed by atoms with Gasteiger partial charge in [0.25, 0.3) is 11.8 Å². The number of amides is 2. The molecule has 11 heteroatoms. The topological polar surface area (TPSA) is 150 Å². The number of rotatable bonds is 8. The second-order valence-corrected chi connectivity index (χ2v) is 10.1. The van der Waals surface area contributed by atoms with Crippen LogP contribution in [0.2, 0.25) is 0 Å². The number of benzene rings is 1. The number of aryl methyl sites for hydroxylation is 1. The fourth-order valence-corrected chi connectivity index (χ4v) is 4.85. The molecule has 2 amide bonds. The number of β-amino-alcohol motifs (C(OH)–C–C–N with tert-alkyl or cyclic N) is 1. The lowest BCUT2D eigenvalue weighted by Gasteiger charge is -2.36. The molecule has 1 saturated heterocycles. The predicted octanol–water partition coefficient (Wildman–Crippen LogP) is 1.80. The number of aliphatic hydroxyl groups excluding tert-OH is 2. The van der Waals surface area contributed by atoms with E-state index in [-0.39, 0.29) is 12.5 Å². The summed E-state index contributed by atoms with van der Waals surface area (Å²) in [6, 6.07) is 5.02. The van der Waals surface area contributed by atoms with E-state index in [4.69, 9.17) is 9.47 Å². The highest BCUT2D eigenvalue weighted by molar-refractivity contribution is 6.09. The molecular weight excluding hydrogens is 490 g/mol. The average molecular weight is 524 g/mol. The maximum atomic E-state index is 13.4. The number of carbonyl (C=O) groups is 2. The van der Waals surface area contributed by atoms with E-state index in [2.05, 4.69) is 20.3 Å². The lowest BCUT2D eigenvalue weighted by Crippen LogP contribution is -2.56. The van der Waals surface area contributed by atoms with Gasteiger partial charge in [0.2, 0.25) is 0 Å². The van der Waals surface area contributed by atoms with Crippen molar-refractivity contribution in [1.29, 1.82) is 0 Å². The van der Waals surface area contributed by atoms with Crippen molar-refractivity contribution in [2.24, 2.45) is 5.92 Å². The van der Waals surface area contributed by atoms with Crippen LogP contribution in [0.1, 0.15) is 42.2 Å². The number of fused-ring (bicyclic) bond motifs is 1. The molecule has 1 saturated carbocycles. The lowest BCUT2D eigenvalue weighted by molar-refractivity contribution is -0.142. The molecule has 3 heterocycles. The number of hydrogen-bond donors (Lipinski definition) is 4. The highest BCUT2D eigenvalue weighted by atomic mass is 16.5. The number of piperidine rings is 1. The minimum Gasteiger partial charge on any atom is -0.497 e. The molecule has 1 aromatic carbocycles. The van der Waals surface area contributed by atoms with Crippen molar-refractivity contribution >= 4 is 22.8 Å². The Hall–Kier alpha value is -3.70. The van der Waals surface area contributed by atoms with Gasteiger partial charge >= 0.3 is 0 Å². The summed E-state index contributed by atoms with van der Waals surface area (Å²) in [5.41, 5.74) is 3.35. The molecule has 0 spiro atoms. The van der Waals surface area contributed by atoms with Crippen LogP contribution in [0.5, 0.6) is 11.5 Å². The van der Waals surface area contributed by atoms with Gasteiger partial charge in [-0.15, -0.1) is 0 Å². The van der Waals surface area contributed by atoms with Crippen LogP contribution >= 0.6 is 0 Å². The number of likely N-dealkylation sites (tertiary alicyclic amines) is 1. The summed E-state index contributed by atoms with van der Waals surface area (Å²) < 4.78 is 11.6.